The van der Waals surface area contributed by atoms with Crippen molar-refractivity contribution >= 4 is 17.0 Å². The van der Waals surface area contributed by atoms with Crippen molar-refractivity contribution in [2.75, 3.05) is 0 Å². The number of aryl methyl sites for hydroxylation is 1. The molecule has 0 aliphatic heterocycles. The molecule has 1 heterocycles. The first-order valence-electron chi connectivity index (χ1n) is 6.40. The molecule has 0 saturated heterocycles. The van der Waals surface area contributed by atoms with Crippen LogP contribution in [0.1, 0.15) is 31.2 Å². The number of aliphatic imine (C=N–C) groups is 1. The van der Waals surface area contributed by atoms with E-state index >= 15 is 0 Å². The molecule has 0 bridgehead atoms. The Morgan fingerprint density at radius 2 is 2.06 bits per heavy atom. The zero-order chi connectivity index (χ0) is 12.6. The van der Waals surface area contributed by atoms with Crippen LogP contribution in [0.15, 0.2) is 35.5 Å². The van der Waals surface area contributed by atoms with E-state index in [0.29, 0.717) is 0 Å². The van der Waals surface area contributed by atoms with Gasteiger partial charge in [-0.15, -0.1) is 0 Å². The summed E-state index contributed by atoms with van der Waals surface area (Å²) in [7, 11) is 2.04. The van der Waals surface area contributed by atoms with Gasteiger partial charge in [-0.1, -0.05) is 18.9 Å². The zero-order valence-electron chi connectivity index (χ0n) is 10.5. The summed E-state index contributed by atoms with van der Waals surface area (Å²) in [4.78, 5) is 14.8. The monoisotopic (exact) mass is 240 g/mol. The average molecular weight is 240 g/mol. The quantitative estimate of drug-likeness (QED) is 0.586. The third-order valence-electron chi connectivity index (χ3n) is 4.11. The van der Waals surface area contributed by atoms with Crippen LogP contribution < -0.4 is 0 Å². The van der Waals surface area contributed by atoms with Crippen molar-refractivity contribution in [3.05, 3.63) is 36.0 Å². The average Bonchev–Trinajstić information content (AvgIpc) is 2.98. The molecule has 0 unspecified atom stereocenters. The van der Waals surface area contributed by atoms with Crippen LogP contribution in [-0.2, 0) is 17.4 Å². The summed E-state index contributed by atoms with van der Waals surface area (Å²) >= 11 is 0. The van der Waals surface area contributed by atoms with E-state index < -0.39 is 0 Å². The predicted molar refractivity (Wildman–Crippen MR) is 71.2 cm³/mol. The van der Waals surface area contributed by atoms with Crippen molar-refractivity contribution in [3.63, 3.8) is 0 Å². The van der Waals surface area contributed by atoms with E-state index in [2.05, 4.69) is 40.0 Å². The lowest BCUT2D eigenvalue weighted by Crippen LogP contribution is -2.18. The SMILES string of the molecule is Cn1ccc2cc(C3(N=C=O)CCCC3)ccc21. The summed E-state index contributed by atoms with van der Waals surface area (Å²) in [6, 6.07) is 8.49. The maximum atomic E-state index is 10.7. The number of rotatable bonds is 2. The normalized spacial score (nSPS) is 17.8. The molecule has 1 aromatic carbocycles. The number of hydrogen-bond donors (Lipinski definition) is 0. The van der Waals surface area contributed by atoms with Gasteiger partial charge in [0, 0.05) is 18.8 Å². The van der Waals surface area contributed by atoms with Crippen molar-refractivity contribution in [3.8, 4) is 0 Å². The Labute approximate surface area is 106 Å². The van der Waals surface area contributed by atoms with Gasteiger partial charge in [-0.05, 0) is 42.0 Å². The highest BCUT2D eigenvalue weighted by molar-refractivity contribution is 5.81. The van der Waals surface area contributed by atoms with Crippen LogP contribution in [-0.4, -0.2) is 10.6 Å². The molecule has 1 fully saturated rings. The lowest BCUT2D eigenvalue weighted by atomic mass is 9.88. The topological polar surface area (TPSA) is 34.4 Å². The van der Waals surface area contributed by atoms with Crippen LogP contribution in [0.5, 0.6) is 0 Å². The van der Waals surface area contributed by atoms with E-state index in [1.807, 2.05) is 7.05 Å². The molecule has 0 spiro atoms. The first kappa shape index (κ1) is 11.2. The zero-order valence-corrected chi connectivity index (χ0v) is 10.5. The molecule has 2 aromatic rings. The van der Waals surface area contributed by atoms with Crippen LogP contribution in [0.4, 0.5) is 0 Å². The van der Waals surface area contributed by atoms with Gasteiger partial charge < -0.3 is 4.57 Å². The van der Waals surface area contributed by atoms with Crippen LogP contribution in [0.2, 0.25) is 0 Å². The lowest BCUT2D eigenvalue weighted by molar-refractivity contribution is 0.456. The highest BCUT2D eigenvalue weighted by Gasteiger charge is 2.35. The highest BCUT2D eigenvalue weighted by atomic mass is 16.1. The van der Waals surface area contributed by atoms with Gasteiger partial charge in [0.25, 0.3) is 0 Å². The molecule has 3 rings (SSSR count). The van der Waals surface area contributed by atoms with Gasteiger partial charge in [0.1, 0.15) is 0 Å². The molecule has 1 aliphatic rings. The molecular weight excluding hydrogens is 224 g/mol. The minimum absolute atomic E-state index is 0.314. The van der Waals surface area contributed by atoms with E-state index in [9.17, 15) is 4.79 Å². The van der Waals surface area contributed by atoms with Gasteiger partial charge in [0.2, 0.25) is 6.08 Å². The fourth-order valence-corrected chi connectivity index (χ4v) is 3.08. The summed E-state index contributed by atoms with van der Waals surface area (Å²) in [5, 5.41) is 1.21. The van der Waals surface area contributed by atoms with Crippen LogP contribution >= 0.6 is 0 Å². The number of carbonyl (C=O) groups excluding carboxylic acids is 1. The van der Waals surface area contributed by atoms with E-state index in [1.165, 1.54) is 10.9 Å². The minimum atomic E-state index is -0.314. The fraction of sp³-hybridized carbons (Fsp3) is 0.400. The molecule has 18 heavy (non-hydrogen) atoms. The lowest BCUT2D eigenvalue weighted by Gasteiger charge is -2.22. The Bertz CT molecular complexity index is 629. The number of benzene rings is 1. The van der Waals surface area contributed by atoms with Crippen molar-refractivity contribution in [2.24, 2.45) is 12.0 Å². The summed E-state index contributed by atoms with van der Waals surface area (Å²) < 4.78 is 2.10. The second-order valence-corrected chi connectivity index (χ2v) is 5.14. The first-order chi connectivity index (χ1) is 8.75. The minimum Gasteiger partial charge on any atom is -0.351 e. The third-order valence-corrected chi connectivity index (χ3v) is 4.11. The van der Waals surface area contributed by atoms with Crippen molar-refractivity contribution in [1.82, 2.24) is 4.57 Å². The molecule has 3 nitrogen and oxygen atoms in total. The van der Waals surface area contributed by atoms with Gasteiger partial charge >= 0.3 is 0 Å². The van der Waals surface area contributed by atoms with Gasteiger partial charge in [-0.2, -0.15) is 4.99 Å². The van der Waals surface area contributed by atoms with E-state index in [0.717, 1.165) is 31.2 Å². The molecule has 3 heteroatoms. The van der Waals surface area contributed by atoms with Crippen molar-refractivity contribution in [2.45, 2.75) is 31.2 Å². The second-order valence-electron chi connectivity index (χ2n) is 5.14. The Morgan fingerprint density at radius 1 is 1.28 bits per heavy atom. The molecule has 0 atom stereocenters. The van der Waals surface area contributed by atoms with Gasteiger partial charge in [0.15, 0.2) is 0 Å². The Morgan fingerprint density at radius 3 is 2.78 bits per heavy atom. The van der Waals surface area contributed by atoms with Gasteiger partial charge in [-0.25, -0.2) is 4.79 Å². The van der Waals surface area contributed by atoms with Crippen LogP contribution in [0.3, 0.4) is 0 Å². The molecule has 1 saturated carbocycles. The Kier molecular flexibility index (Phi) is 2.57. The molecule has 0 amide bonds. The maximum Gasteiger partial charge on any atom is 0.235 e. The van der Waals surface area contributed by atoms with Crippen LogP contribution in [0.25, 0.3) is 10.9 Å². The van der Waals surface area contributed by atoms with E-state index in [4.69, 9.17) is 0 Å². The fourth-order valence-electron chi connectivity index (χ4n) is 3.08. The molecule has 1 aliphatic carbocycles. The molecule has 0 radical (unpaired) electrons. The Balaban J connectivity index is 2.15. The predicted octanol–water partition coefficient (Wildman–Crippen LogP) is 3.28. The van der Waals surface area contributed by atoms with Gasteiger partial charge in [0.05, 0.1) is 5.54 Å². The van der Waals surface area contributed by atoms with Crippen molar-refractivity contribution in [1.29, 1.82) is 0 Å². The summed E-state index contributed by atoms with van der Waals surface area (Å²) in [5.41, 5.74) is 2.05. The third kappa shape index (κ3) is 1.59. The number of hydrogen-bond acceptors (Lipinski definition) is 2. The number of aromatic nitrogens is 1. The maximum absolute atomic E-state index is 10.7. The van der Waals surface area contributed by atoms with E-state index in [-0.39, 0.29) is 5.54 Å². The standard InChI is InChI=1S/C15H16N2O/c1-17-9-6-12-10-13(4-5-14(12)17)15(16-11-18)7-2-3-8-15/h4-6,9-10H,2-3,7-8H2,1H3. The van der Waals surface area contributed by atoms with Crippen molar-refractivity contribution < 1.29 is 4.79 Å². The summed E-state index contributed by atoms with van der Waals surface area (Å²) in [5.74, 6) is 0. The molecule has 92 valence electrons. The number of isocyanates is 1. The smallest absolute Gasteiger partial charge is 0.235 e. The second kappa shape index (κ2) is 4.11. The molecule has 1 aromatic heterocycles. The van der Waals surface area contributed by atoms with E-state index in [1.54, 1.807) is 6.08 Å². The molecule has 0 N–H and O–H groups in total. The molecular formula is C15H16N2O. The van der Waals surface area contributed by atoms with Crippen LogP contribution in [0, 0.1) is 0 Å². The Hall–Kier alpha value is -1.86. The summed E-state index contributed by atoms with van der Waals surface area (Å²) in [6.45, 7) is 0. The summed E-state index contributed by atoms with van der Waals surface area (Å²) in [6.07, 6.45) is 8.02. The number of fused-ring (bicyclic) bond motifs is 1. The largest absolute Gasteiger partial charge is 0.351 e. The van der Waals surface area contributed by atoms with Gasteiger partial charge in [-0.3, -0.25) is 0 Å². The highest BCUT2D eigenvalue weighted by Crippen LogP contribution is 2.42. The first-order valence-corrected chi connectivity index (χ1v) is 6.40. The number of nitrogens with zero attached hydrogens (tertiary/aromatic N) is 2.